The average Bonchev–Trinajstić information content (AvgIpc) is 2.57. The third-order valence-corrected chi connectivity index (χ3v) is 3.02. The zero-order valence-corrected chi connectivity index (χ0v) is 13.3. The van der Waals surface area contributed by atoms with Crippen LogP contribution in [0.5, 0.6) is 0 Å². The van der Waals surface area contributed by atoms with Gasteiger partial charge in [0, 0.05) is 0 Å². The minimum Gasteiger partial charge on any atom is -0.462 e. The highest BCUT2D eigenvalue weighted by Crippen LogP contribution is 2.17. The van der Waals surface area contributed by atoms with Crippen LogP contribution in [0.15, 0.2) is 24.3 Å². The van der Waals surface area contributed by atoms with E-state index >= 15 is 0 Å². The molecule has 1 heterocycles. The Kier molecular flexibility index (Phi) is 8.00. The first kappa shape index (κ1) is 17.6. The first-order valence-corrected chi connectivity index (χ1v) is 6.99. The lowest BCUT2D eigenvalue weighted by Crippen LogP contribution is -2.03. The van der Waals surface area contributed by atoms with E-state index in [0.717, 1.165) is 17.1 Å². The number of aromatic nitrogens is 1. The van der Waals surface area contributed by atoms with Crippen LogP contribution in [0.2, 0.25) is 0 Å². The maximum Gasteiger partial charge on any atom is 0.350 e. The van der Waals surface area contributed by atoms with E-state index in [1.807, 2.05) is 27.7 Å². The van der Waals surface area contributed by atoms with Crippen LogP contribution >= 0.6 is 11.3 Å². The van der Waals surface area contributed by atoms with Crippen LogP contribution < -0.4 is 0 Å². The zero-order valence-electron chi connectivity index (χ0n) is 12.5. The maximum atomic E-state index is 11.2. The molecule has 0 unspecified atom stereocenters. The monoisotopic (exact) mass is 281 g/mol. The van der Waals surface area contributed by atoms with Gasteiger partial charge in [0.25, 0.3) is 0 Å². The lowest BCUT2D eigenvalue weighted by molar-refractivity contribution is 0.0531. The fourth-order valence-corrected chi connectivity index (χ4v) is 2.25. The highest BCUT2D eigenvalue weighted by atomic mass is 32.1. The molecule has 0 N–H and O–H groups in total. The maximum absolute atomic E-state index is 11.2. The summed E-state index contributed by atoms with van der Waals surface area (Å²) in [7, 11) is 0. The number of rotatable bonds is 4. The molecule has 0 aliphatic carbocycles. The largest absolute Gasteiger partial charge is 0.462 e. The number of carbonyl (C=O) groups excluding carboxylic acids is 1. The van der Waals surface area contributed by atoms with E-state index in [-0.39, 0.29) is 5.97 Å². The van der Waals surface area contributed by atoms with E-state index in [0.29, 0.717) is 11.5 Å². The van der Waals surface area contributed by atoms with E-state index in [4.69, 9.17) is 4.74 Å². The van der Waals surface area contributed by atoms with Gasteiger partial charge in [0.15, 0.2) is 0 Å². The smallest absolute Gasteiger partial charge is 0.350 e. The standard InChI is InChI=1S/C8H11NO2S.C7H12/c1-4-11-8(10)7-5(2)9-6(3)12-7;1-6(2)5-7(3)4/h4H2,1-3H3;1,3,5H2,2,4H3. The number of nitrogens with zero attached hydrogens (tertiary/aromatic N) is 1. The van der Waals surface area contributed by atoms with Crippen molar-refractivity contribution in [2.75, 3.05) is 6.61 Å². The minimum absolute atomic E-state index is 0.263. The average molecular weight is 281 g/mol. The van der Waals surface area contributed by atoms with Crippen LogP contribution in [-0.4, -0.2) is 17.6 Å². The SMILES string of the molecule is C=C(C)CC(=C)C.CCOC(=O)c1sc(C)nc1C. The fraction of sp³-hybridized carbons (Fsp3) is 0.467. The quantitative estimate of drug-likeness (QED) is 0.604. The Morgan fingerprint density at radius 3 is 2.05 bits per heavy atom. The third-order valence-electron chi connectivity index (χ3n) is 1.97. The Morgan fingerprint density at radius 2 is 1.79 bits per heavy atom. The molecular weight excluding hydrogens is 258 g/mol. The van der Waals surface area contributed by atoms with Gasteiger partial charge in [0.05, 0.1) is 17.3 Å². The molecule has 106 valence electrons. The van der Waals surface area contributed by atoms with Crippen molar-refractivity contribution >= 4 is 17.3 Å². The van der Waals surface area contributed by atoms with Gasteiger partial charge < -0.3 is 4.74 Å². The highest BCUT2D eigenvalue weighted by molar-refractivity contribution is 7.13. The van der Waals surface area contributed by atoms with Crippen LogP contribution in [0, 0.1) is 13.8 Å². The van der Waals surface area contributed by atoms with Crippen molar-refractivity contribution in [1.82, 2.24) is 4.98 Å². The number of thiazole rings is 1. The molecular formula is C15H23NO2S. The van der Waals surface area contributed by atoms with Gasteiger partial charge in [-0.3, -0.25) is 0 Å². The van der Waals surface area contributed by atoms with Gasteiger partial charge in [0.1, 0.15) is 4.88 Å². The molecule has 0 spiro atoms. The number of allylic oxidation sites excluding steroid dienone is 2. The Hall–Kier alpha value is -1.42. The summed E-state index contributed by atoms with van der Waals surface area (Å²) in [5, 5.41) is 0.899. The van der Waals surface area contributed by atoms with Crippen molar-refractivity contribution in [3.63, 3.8) is 0 Å². The molecule has 0 aromatic carbocycles. The molecule has 0 bridgehead atoms. The number of aryl methyl sites for hydroxylation is 2. The highest BCUT2D eigenvalue weighted by Gasteiger charge is 2.13. The lowest BCUT2D eigenvalue weighted by Gasteiger charge is -1.97. The molecule has 3 nitrogen and oxygen atoms in total. The first-order chi connectivity index (χ1) is 8.77. The van der Waals surface area contributed by atoms with Crippen molar-refractivity contribution in [2.45, 2.75) is 41.0 Å². The summed E-state index contributed by atoms with van der Waals surface area (Å²) in [6.45, 7) is 17.4. The summed E-state index contributed by atoms with van der Waals surface area (Å²) < 4.78 is 4.85. The van der Waals surface area contributed by atoms with Crippen LogP contribution in [0.3, 0.4) is 0 Å². The summed E-state index contributed by atoms with van der Waals surface area (Å²) in [5.74, 6) is -0.263. The van der Waals surface area contributed by atoms with Crippen molar-refractivity contribution in [1.29, 1.82) is 0 Å². The number of hydrogen-bond acceptors (Lipinski definition) is 4. The molecule has 0 saturated heterocycles. The molecule has 0 fully saturated rings. The Labute approximate surface area is 120 Å². The molecule has 0 aliphatic heterocycles. The Bertz CT molecular complexity index is 449. The van der Waals surface area contributed by atoms with Gasteiger partial charge in [-0.2, -0.15) is 0 Å². The molecule has 0 radical (unpaired) electrons. The van der Waals surface area contributed by atoms with E-state index < -0.39 is 0 Å². The topological polar surface area (TPSA) is 39.2 Å². The van der Waals surface area contributed by atoms with Crippen LogP contribution in [-0.2, 0) is 4.74 Å². The second kappa shape index (κ2) is 8.64. The fourth-order valence-electron chi connectivity index (χ4n) is 1.43. The van der Waals surface area contributed by atoms with Gasteiger partial charge in [-0.25, -0.2) is 9.78 Å². The van der Waals surface area contributed by atoms with Crippen LogP contribution in [0.25, 0.3) is 0 Å². The normalized spacial score (nSPS) is 9.32. The molecule has 1 aromatic heterocycles. The van der Waals surface area contributed by atoms with Gasteiger partial charge in [-0.1, -0.05) is 24.3 Å². The van der Waals surface area contributed by atoms with E-state index in [9.17, 15) is 4.79 Å². The number of esters is 1. The molecule has 0 atom stereocenters. The van der Waals surface area contributed by atoms with Crippen molar-refractivity contribution < 1.29 is 9.53 Å². The zero-order chi connectivity index (χ0) is 15.0. The number of carbonyl (C=O) groups is 1. The van der Waals surface area contributed by atoms with Crippen LogP contribution in [0.1, 0.15) is 47.6 Å². The van der Waals surface area contributed by atoms with E-state index in [2.05, 4.69) is 18.1 Å². The van der Waals surface area contributed by atoms with Crippen molar-refractivity contribution in [3.8, 4) is 0 Å². The van der Waals surface area contributed by atoms with Crippen LogP contribution in [0.4, 0.5) is 0 Å². The molecule has 1 rings (SSSR count). The first-order valence-electron chi connectivity index (χ1n) is 6.17. The molecule has 1 aromatic rings. The number of hydrogen-bond donors (Lipinski definition) is 0. The predicted molar refractivity (Wildman–Crippen MR) is 81.8 cm³/mol. The predicted octanol–water partition coefficient (Wildman–Crippen LogP) is 4.47. The summed E-state index contributed by atoms with van der Waals surface area (Å²) >= 11 is 1.38. The Morgan fingerprint density at radius 1 is 1.26 bits per heavy atom. The van der Waals surface area contributed by atoms with Gasteiger partial charge in [0.2, 0.25) is 0 Å². The summed E-state index contributed by atoms with van der Waals surface area (Å²) in [4.78, 5) is 16.0. The van der Waals surface area contributed by atoms with Crippen molar-refractivity contribution in [2.24, 2.45) is 0 Å². The third kappa shape index (κ3) is 7.57. The van der Waals surface area contributed by atoms with E-state index in [1.54, 1.807) is 6.92 Å². The van der Waals surface area contributed by atoms with Gasteiger partial charge in [-0.15, -0.1) is 11.3 Å². The van der Waals surface area contributed by atoms with E-state index in [1.165, 1.54) is 22.5 Å². The minimum atomic E-state index is -0.263. The Balaban J connectivity index is 0.000000399. The van der Waals surface area contributed by atoms with Crippen molar-refractivity contribution in [3.05, 3.63) is 39.9 Å². The summed E-state index contributed by atoms with van der Waals surface area (Å²) in [5.41, 5.74) is 3.14. The molecule has 0 aliphatic rings. The van der Waals surface area contributed by atoms with Gasteiger partial charge in [-0.05, 0) is 41.0 Å². The second-order valence-corrected chi connectivity index (χ2v) is 5.66. The molecule has 19 heavy (non-hydrogen) atoms. The molecule has 4 heteroatoms. The molecule has 0 saturated carbocycles. The lowest BCUT2D eigenvalue weighted by atomic mass is 10.1. The molecule has 0 amide bonds. The summed E-state index contributed by atoms with van der Waals surface area (Å²) in [6.07, 6.45) is 0.972. The second-order valence-electron chi connectivity index (χ2n) is 4.46. The number of ether oxygens (including phenoxy) is 1. The van der Waals surface area contributed by atoms with Gasteiger partial charge >= 0.3 is 5.97 Å². The summed E-state index contributed by atoms with van der Waals surface area (Å²) in [6, 6.07) is 0.